The first kappa shape index (κ1) is 16.9. The molecule has 0 bridgehead atoms. The number of aromatic nitrogens is 2. The normalized spacial score (nSPS) is 13.7. The lowest BCUT2D eigenvalue weighted by atomic mass is 9.99. The smallest absolute Gasteiger partial charge is 0.223 e. The second kappa shape index (κ2) is 7.75. The summed E-state index contributed by atoms with van der Waals surface area (Å²) in [5.74, 6) is 0.788. The summed E-state index contributed by atoms with van der Waals surface area (Å²) in [4.78, 5) is 23.0. The summed E-state index contributed by atoms with van der Waals surface area (Å²) in [5.41, 5.74) is 4.00. The largest absolute Gasteiger partial charge is 0.338 e. The van der Waals surface area contributed by atoms with Gasteiger partial charge in [-0.05, 0) is 24.0 Å². The van der Waals surface area contributed by atoms with Crippen LogP contribution in [0.2, 0.25) is 0 Å². The van der Waals surface area contributed by atoms with Crippen molar-refractivity contribution in [2.24, 2.45) is 0 Å². The molecule has 0 radical (unpaired) electrons. The van der Waals surface area contributed by atoms with E-state index in [1.165, 1.54) is 12.1 Å². The minimum atomic E-state index is -0.242. The van der Waals surface area contributed by atoms with E-state index in [0.29, 0.717) is 25.9 Å². The van der Waals surface area contributed by atoms with Gasteiger partial charge in [-0.3, -0.25) is 4.79 Å². The molecule has 0 atom stereocenters. The maximum Gasteiger partial charge on any atom is 0.223 e. The Bertz CT molecular complexity index is 721. The standard InChI is InChI=1S/C18H20FN3OS/c1-24-9-7-18(23)22-8-6-16-15(11-22)17(21-12-20-16)10-13-2-4-14(19)5-3-13/h2-5,12H,6-11H2,1H3. The van der Waals surface area contributed by atoms with Gasteiger partial charge in [0.25, 0.3) is 0 Å². The van der Waals surface area contributed by atoms with Crippen LogP contribution in [0.3, 0.4) is 0 Å². The van der Waals surface area contributed by atoms with E-state index in [-0.39, 0.29) is 11.7 Å². The molecule has 0 unspecified atom stereocenters. The van der Waals surface area contributed by atoms with Gasteiger partial charge in [0, 0.05) is 43.7 Å². The molecule has 1 amide bonds. The van der Waals surface area contributed by atoms with Gasteiger partial charge >= 0.3 is 0 Å². The van der Waals surface area contributed by atoms with Gasteiger partial charge < -0.3 is 4.90 Å². The summed E-state index contributed by atoms with van der Waals surface area (Å²) < 4.78 is 13.1. The Balaban J connectivity index is 1.79. The second-order valence-electron chi connectivity index (χ2n) is 5.86. The van der Waals surface area contributed by atoms with E-state index in [1.54, 1.807) is 30.2 Å². The molecule has 2 heterocycles. The van der Waals surface area contributed by atoms with Gasteiger partial charge in [-0.25, -0.2) is 14.4 Å². The number of carbonyl (C=O) groups is 1. The van der Waals surface area contributed by atoms with Crippen molar-refractivity contribution in [2.45, 2.75) is 25.8 Å². The van der Waals surface area contributed by atoms with Gasteiger partial charge in [0.1, 0.15) is 12.1 Å². The predicted octanol–water partition coefficient (Wildman–Crippen LogP) is 2.84. The predicted molar refractivity (Wildman–Crippen MR) is 93.4 cm³/mol. The number of fused-ring (bicyclic) bond motifs is 1. The lowest BCUT2D eigenvalue weighted by Gasteiger charge is -2.29. The van der Waals surface area contributed by atoms with Crippen molar-refractivity contribution >= 4 is 17.7 Å². The number of amides is 1. The highest BCUT2D eigenvalue weighted by Crippen LogP contribution is 2.22. The van der Waals surface area contributed by atoms with Gasteiger partial charge in [0.15, 0.2) is 0 Å². The minimum Gasteiger partial charge on any atom is -0.338 e. The maximum absolute atomic E-state index is 13.1. The molecular formula is C18H20FN3OS. The second-order valence-corrected chi connectivity index (χ2v) is 6.84. The fraction of sp³-hybridized carbons (Fsp3) is 0.389. The molecule has 2 aromatic rings. The van der Waals surface area contributed by atoms with E-state index in [9.17, 15) is 9.18 Å². The number of benzene rings is 1. The lowest BCUT2D eigenvalue weighted by molar-refractivity contribution is -0.131. The Labute approximate surface area is 145 Å². The topological polar surface area (TPSA) is 46.1 Å². The molecule has 0 saturated heterocycles. The minimum absolute atomic E-state index is 0.187. The number of nitrogens with zero attached hydrogens (tertiary/aromatic N) is 3. The first-order chi connectivity index (χ1) is 11.7. The molecule has 0 fully saturated rings. The number of rotatable bonds is 5. The molecule has 6 heteroatoms. The molecule has 0 saturated carbocycles. The highest BCUT2D eigenvalue weighted by Gasteiger charge is 2.24. The number of halogens is 1. The molecule has 0 N–H and O–H groups in total. The summed E-state index contributed by atoms with van der Waals surface area (Å²) in [5, 5.41) is 0. The van der Waals surface area contributed by atoms with Crippen molar-refractivity contribution < 1.29 is 9.18 Å². The summed E-state index contributed by atoms with van der Waals surface area (Å²) in [6.07, 6.45) is 5.55. The molecule has 126 valence electrons. The third kappa shape index (κ3) is 3.93. The average molecular weight is 345 g/mol. The third-order valence-corrected chi connectivity index (χ3v) is 4.86. The van der Waals surface area contributed by atoms with Crippen molar-refractivity contribution in [3.63, 3.8) is 0 Å². The van der Waals surface area contributed by atoms with Crippen molar-refractivity contribution in [1.82, 2.24) is 14.9 Å². The van der Waals surface area contributed by atoms with Gasteiger partial charge in [-0.2, -0.15) is 11.8 Å². The van der Waals surface area contributed by atoms with E-state index in [4.69, 9.17) is 0 Å². The van der Waals surface area contributed by atoms with E-state index < -0.39 is 0 Å². The van der Waals surface area contributed by atoms with E-state index in [0.717, 1.165) is 34.7 Å². The van der Waals surface area contributed by atoms with Gasteiger partial charge in [0.05, 0.1) is 11.4 Å². The Morgan fingerprint density at radius 3 is 2.83 bits per heavy atom. The zero-order valence-corrected chi connectivity index (χ0v) is 14.5. The molecule has 3 rings (SSSR count). The highest BCUT2D eigenvalue weighted by molar-refractivity contribution is 7.98. The monoisotopic (exact) mass is 345 g/mol. The van der Waals surface area contributed by atoms with E-state index >= 15 is 0 Å². The summed E-state index contributed by atoms with van der Waals surface area (Å²) in [6.45, 7) is 1.28. The van der Waals surface area contributed by atoms with Crippen LogP contribution in [-0.2, 0) is 24.2 Å². The quantitative estimate of drug-likeness (QED) is 0.836. The Kier molecular flexibility index (Phi) is 5.45. The van der Waals surface area contributed by atoms with Crippen molar-refractivity contribution in [2.75, 3.05) is 18.6 Å². The van der Waals surface area contributed by atoms with Crippen LogP contribution in [0.25, 0.3) is 0 Å². The van der Waals surface area contributed by atoms with Crippen LogP contribution < -0.4 is 0 Å². The highest BCUT2D eigenvalue weighted by atomic mass is 32.2. The van der Waals surface area contributed by atoms with Crippen LogP contribution in [0.1, 0.15) is 28.9 Å². The fourth-order valence-corrected chi connectivity index (χ4v) is 3.29. The fourth-order valence-electron chi connectivity index (χ4n) is 2.91. The Morgan fingerprint density at radius 2 is 2.08 bits per heavy atom. The van der Waals surface area contributed by atoms with Crippen LogP contribution in [-0.4, -0.2) is 39.3 Å². The number of hydrogen-bond acceptors (Lipinski definition) is 4. The van der Waals surface area contributed by atoms with Crippen molar-refractivity contribution in [3.8, 4) is 0 Å². The van der Waals surface area contributed by atoms with Crippen molar-refractivity contribution in [3.05, 3.63) is 58.9 Å². The number of hydrogen-bond donors (Lipinski definition) is 0. The summed E-state index contributed by atoms with van der Waals surface area (Å²) in [6, 6.07) is 6.46. The molecule has 1 aliphatic rings. The first-order valence-corrected chi connectivity index (χ1v) is 9.39. The van der Waals surface area contributed by atoms with Crippen LogP contribution in [0.15, 0.2) is 30.6 Å². The summed E-state index contributed by atoms with van der Waals surface area (Å²) >= 11 is 1.68. The average Bonchev–Trinajstić information content (AvgIpc) is 2.61. The molecular weight excluding hydrogens is 325 g/mol. The van der Waals surface area contributed by atoms with E-state index in [2.05, 4.69) is 9.97 Å². The molecule has 0 aliphatic carbocycles. The SMILES string of the molecule is CSCCC(=O)N1CCc2ncnc(Cc3ccc(F)cc3)c2C1. The number of carbonyl (C=O) groups excluding carboxylic acids is 1. The zero-order chi connectivity index (χ0) is 16.9. The number of thioether (sulfide) groups is 1. The van der Waals surface area contributed by atoms with Gasteiger partial charge in [-0.1, -0.05) is 12.1 Å². The first-order valence-electron chi connectivity index (χ1n) is 8.00. The maximum atomic E-state index is 13.1. The van der Waals surface area contributed by atoms with Crippen LogP contribution >= 0.6 is 11.8 Å². The van der Waals surface area contributed by atoms with Gasteiger partial charge in [-0.15, -0.1) is 0 Å². The molecule has 4 nitrogen and oxygen atoms in total. The third-order valence-electron chi connectivity index (χ3n) is 4.25. The molecule has 1 aromatic carbocycles. The Hall–Kier alpha value is -1.95. The Morgan fingerprint density at radius 1 is 1.29 bits per heavy atom. The molecule has 1 aromatic heterocycles. The molecule has 24 heavy (non-hydrogen) atoms. The zero-order valence-electron chi connectivity index (χ0n) is 13.7. The van der Waals surface area contributed by atoms with Crippen molar-refractivity contribution in [1.29, 1.82) is 0 Å². The van der Waals surface area contributed by atoms with E-state index in [1.807, 2.05) is 11.2 Å². The van der Waals surface area contributed by atoms with Crippen LogP contribution in [0.5, 0.6) is 0 Å². The summed E-state index contributed by atoms with van der Waals surface area (Å²) in [7, 11) is 0. The lowest BCUT2D eigenvalue weighted by Crippen LogP contribution is -2.37. The van der Waals surface area contributed by atoms with Crippen LogP contribution in [0, 0.1) is 5.82 Å². The molecule has 1 aliphatic heterocycles. The van der Waals surface area contributed by atoms with Crippen LogP contribution in [0.4, 0.5) is 4.39 Å². The molecule has 0 spiro atoms. The van der Waals surface area contributed by atoms with Gasteiger partial charge in [0.2, 0.25) is 5.91 Å².